The molecule has 146 valence electrons. The molecule has 1 unspecified atom stereocenters. The van der Waals surface area contributed by atoms with E-state index in [-0.39, 0.29) is 6.04 Å². The van der Waals surface area contributed by atoms with Gasteiger partial charge in [-0.15, -0.1) is 0 Å². The lowest BCUT2D eigenvalue weighted by Gasteiger charge is -2.25. The highest BCUT2D eigenvalue weighted by atomic mass is 19.1. The minimum absolute atomic E-state index is 0.333. The molecule has 5 heteroatoms. The number of fused-ring (bicyclic) bond motifs is 3. The summed E-state index contributed by atoms with van der Waals surface area (Å²) in [5.74, 6) is -0.314. The van der Waals surface area contributed by atoms with Crippen LogP contribution in [0.5, 0.6) is 5.75 Å². The second kappa shape index (κ2) is 7.33. The van der Waals surface area contributed by atoms with Crippen LogP contribution < -0.4 is 10.1 Å². The normalized spacial score (nSPS) is 16.0. The van der Waals surface area contributed by atoms with Gasteiger partial charge in [0.2, 0.25) is 0 Å². The first-order chi connectivity index (χ1) is 14.2. The molecule has 0 saturated carbocycles. The Labute approximate surface area is 167 Å². The Morgan fingerprint density at radius 3 is 2.66 bits per heavy atom. The Morgan fingerprint density at radius 2 is 1.83 bits per heavy atom. The summed E-state index contributed by atoms with van der Waals surface area (Å²) in [6.45, 7) is 1.22. The van der Waals surface area contributed by atoms with Crippen molar-refractivity contribution in [2.45, 2.75) is 19.1 Å². The van der Waals surface area contributed by atoms with Crippen LogP contribution in [0, 0.1) is 11.6 Å². The molecule has 2 heterocycles. The van der Waals surface area contributed by atoms with E-state index in [4.69, 9.17) is 4.74 Å². The number of aromatic amines is 1. The molecule has 0 aliphatic carbocycles. The highest BCUT2D eigenvalue weighted by Gasteiger charge is 2.27. The van der Waals surface area contributed by atoms with E-state index in [0.29, 0.717) is 12.2 Å². The van der Waals surface area contributed by atoms with Crippen molar-refractivity contribution < 1.29 is 13.5 Å². The van der Waals surface area contributed by atoms with Crippen LogP contribution in [-0.2, 0) is 13.0 Å². The number of rotatable bonds is 4. The van der Waals surface area contributed by atoms with Gasteiger partial charge in [0.1, 0.15) is 24.0 Å². The van der Waals surface area contributed by atoms with Crippen LogP contribution in [0.2, 0.25) is 0 Å². The number of hydrogen-bond donors (Lipinski definition) is 2. The van der Waals surface area contributed by atoms with Crippen LogP contribution in [0.4, 0.5) is 8.78 Å². The Bertz CT molecular complexity index is 1170. The zero-order chi connectivity index (χ0) is 19.8. The molecule has 0 spiro atoms. The lowest BCUT2D eigenvalue weighted by Crippen LogP contribution is -2.31. The third-order valence-corrected chi connectivity index (χ3v) is 5.44. The largest absolute Gasteiger partial charge is 0.489 e. The summed E-state index contributed by atoms with van der Waals surface area (Å²) in [6, 6.07) is 19.4. The SMILES string of the molecule is Fc1ccc(C2NCCc3c2[nH]c2ccc(OCc4ccccc4)cc32)c(F)c1. The number of H-pyrrole nitrogens is 1. The highest BCUT2D eigenvalue weighted by Crippen LogP contribution is 2.36. The first-order valence-corrected chi connectivity index (χ1v) is 9.68. The number of halogens is 2. The van der Waals surface area contributed by atoms with Gasteiger partial charge in [0, 0.05) is 34.8 Å². The van der Waals surface area contributed by atoms with Crippen LogP contribution in [0.1, 0.15) is 28.4 Å². The van der Waals surface area contributed by atoms with Crippen LogP contribution in [0.15, 0.2) is 66.7 Å². The molecule has 1 aromatic heterocycles. The summed E-state index contributed by atoms with van der Waals surface area (Å²) < 4.78 is 33.7. The minimum atomic E-state index is -0.570. The first-order valence-electron chi connectivity index (χ1n) is 9.68. The molecule has 1 atom stereocenters. The second-order valence-electron chi connectivity index (χ2n) is 7.30. The van der Waals surface area contributed by atoms with Gasteiger partial charge in [-0.25, -0.2) is 8.78 Å². The monoisotopic (exact) mass is 390 g/mol. The topological polar surface area (TPSA) is 37.0 Å². The number of nitrogens with one attached hydrogen (secondary N) is 2. The summed E-state index contributed by atoms with van der Waals surface area (Å²) in [5, 5.41) is 4.43. The maximum absolute atomic E-state index is 14.4. The third kappa shape index (κ3) is 3.38. The quantitative estimate of drug-likeness (QED) is 0.499. The van der Waals surface area contributed by atoms with Gasteiger partial charge < -0.3 is 15.0 Å². The molecule has 29 heavy (non-hydrogen) atoms. The maximum atomic E-state index is 14.4. The van der Waals surface area contributed by atoms with Crippen molar-refractivity contribution in [3.05, 3.63) is 101 Å². The number of hydrogen-bond acceptors (Lipinski definition) is 2. The van der Waals surface area contributed by atoms with Crippen LogP contribution in [-0.4, -0.2) is 11.5 Å². The van der Waals surface area contributed by atoms with Crippen LogP contribution >= 0.6 is 0 Å². The van der Waals surface area contributed by atoms with Crippen molar-refractivity contribution in [1.29, 1.82) is 0 Å². The molecule has 0 fully saturated rings. The molecule has 0 amide bonds. The first kappa shape index (κ1) is 17.9. The van der Waals surface area contributed by atoms with Crippen molar-refractivity contribution in [1.82, 2.24) is 10.3 Å². The average Bonchev–Trinajstić information content (AvgIpc) is 3.11. The van der Waals surface area contributed by atoms with E-state index in [1.54, 1.807) is 0 Å². The van der Waals surface area contributed by atoms with E-state index in [1.165, 1.54) is 12.1 Å². The van der Waals surface area contributed by atoms with E-state index in [1.807, 2.05) is 48.5 Å². The van der Waals surface area contributed by atoms with Crippen molar-refractivity contribution in [2.75, 3.05) is 6.54 Å². The van der Waals surface area contributed by atoms with Gasteiger partial charge in [0.15, 0.2) is 0 Å². The van der Waals surface area contributed by atoms with Gasteiger partial charge in [0.25, 0.3) is 0 Å². The van der Waals surface area contributed by atoms with Gasteiger partial charge in [-0.3, -0.25) is 0 Å². The maximum Gasteiger partial charge on any atom is 0.131 e. The van der Waals surface area contributed by atoms with Gasteiger partial charge >= 0.3 is 0 Å². The molecule has 0 bridgehead atoms. The van der Waals surface area contributed by atoms with E-state index in [0.717, 1.165) is 52.5 Å². The minimum Gasteiger partial charge on any atom is -0.489 e. The number of ether oxygens (including phenoxy) is 1. The van der Waals surface area contributed by atoms with E-state index in [2.05, 4.69) is 10.3 Å². The molecule has 5 rings (SSSR count). The van der Waals surface area contributed by atoms with Gasteiger partial charge in [-0.05, 0) is 41.8 Å². The van der Waals surface area contributed by atoms with Crippen LogP contribution in [0.25, 0.3) is 10.9 Å². The van der Waals surface area contributed by atoms with Crippen molar-refractivity contribution in [3.63, 3.8) is 0 Å². The fourth-order valence-corrected chi connectivity index (χ4v) is 4.04. The predicted molar refractivity (Wildman–Crippen MR) is 109 cm³/mol. The third-order valence-electron chi connectivity index (χ3n) is 5.44. The Hall–Kier alpha value is -3.18. The summed E-state index contributed by atoms with van der Waals surface area (Å²) in [5.41, 5.74) is 4.62. The standard InChI is InChI=1S/C24H20F2N2O/c25-16-6-8-19(21(26)12-16)23-24-18(10-11-27-23)20-13-17(7-9-22(20)28-24)29-14-15-4-2-1-3-5-15/h1-9,12-13,23,27-28H,10-11,14H2. The lowest BCUT2D eigenvalue weighted by atomic mass is 9.94. The Kier molecular flexibility index (Phi) is 4.52. The van der Waals surface area contributed by atoms with Crippen molar-refractivity contribution in [3.8, 4) is 5.75 Å². The molecule has 1 aliphatic rings. The van der Waals surface area contributed by atoms with E-state index in [9.17, 15) is 8.78 Å². The zero-order valence-electron chi connectivity index (χ0n) is 15.7. The summed E-state index contributed by atoms with van der Waals surface area (Å²) in [6.07, 6.45) is 0.830. The molecule has 1 aliphatic heterocycles. The summed E-state index contributed by atoms with van der Waals surface area (Å²) in [4.78, 5) is 3.43. The molecule has 0 saturated heterocycles. The highest BCUT2D eigenvalue weighted by molar-refractivity contribution is 5.86. The zero-order valence-corrected chi connectivity index (χ0v) is 15.7. The summed E-state index contributed by atoms with van der Waals surface area (Å²) in [7, 11) is 0. The van der Waals surface area contributed by atoms with Crippen LogP contribution in [0.3, 0.4) is 0 Å². The molecule has 2 N–H and O–H groups in total. The van der Waals surface area contributed by atoms with Crippen molar-refractivity contribution >= 4 is 10.9 Å². The fourth-order valence-electron chi connectivity index (χ4n) is 4.04. The van der Waals surface area contributed by atoms with Gasteiger partial charge in [0.05, 0.1) is 6.04 Å². The molecule has 3 aromatic carbocycles. The van der Waals surface area contributed by atoms with E-state index >= 15 is 0 Å². The van der Waals surface area contributed by atoms with Crippen molar-refractivity contribution in [2.24, 2.45) is 0 Å². The van der Waals surface area contributed by atoms with Gasteiger partial charge in [-0.1, -0.05) is 36.4 Å². The molecular formula is C24H20F2N2O. The Morgan fingerprint density at radius 1 is 0.966 bits per heavy atom. The average molecular weight is 390 g/mol. The number of aromatic nitrogens is 1. The predicted octanol–water partition coefficient (Wildman–Crippen LogP) is 5.26. The lowest BCUT2D eigenvalue weighted by molar-refractivity contribution is 0.306. The van der Waals surface area contributed by atoms with Gasteiger partial charge in [-0.2, -0.15) is 0 Å². The Balaban J connectivity index is 1.49. The fraction of sp³-hybridized carbons (Fsp3) is 0.167. The number of benzene rings is 3. The second-order valence-corrected chi connectivity index (χ2v) is 7.30. The molecular weight excluding hydrogens is 370 g/mol. The molecule has 3 nitrogen and oxygen atoms in total. The van der Waals surface area contributed by atoms with E-state index < -0.39 is 11.6 Å². The summed E-state index contributed by atoms with van der Waals surface area (Å²) >= 11 is 0. The molecule has 4 aromatic rings. The molecule has 0 radical (unpaired) electrons. The smallest absolute Gasteiger partial charge is 0.131 e.